The fourth-order valence-corrected chi connectivity index (χ4v) is 3.89. The van der Waals surface area contributed by atoms with Crippen LogP contribution in [0.4, 0.5) is 0 Å². The van der Waals surface area contributed by atoms with Gasteiger partial charge in [-0.1, -0.05) is 52.9 Å². The maximum absolute atomic E-state index is 12.7. The number of nitrogens with one attached hydrogen (secondary N) is 2. The number of hydrogen-bond acceptors (Lipinski definition) is 4. The summed E-state index contributed by atoms with van der Waals surface area (Å²) >= 11 is 0. The van der Waals surface area contributed by atoms with Gasteiger partial charge in [-0.2, -0.15) is 0 Å². The summed E-state index contributed by atoms with van der Waals surface area (Å²) in [6.45, 7) is 7.27. The van der Waals surface area contributed by atoms with Crippen molar-refractivity contribution < 1.29 is 19.2 Å². The normalized spacial score (nSPS) is 18.2. The Balaban J connectivity index is 2.75. The van der Waals surface area contributed by atoms with E-state index < -0.39 is 23.9 Å². The predicted octanol–water partition coefficient (Wildman–Crippen LogP) is 2.07. The summed E-state index contributed by atoms with van der Waals surface area (Å²) in [6, 6.07) is -1.66. The first kappa shape index (κ1) is 24.1. The fourth-order valence-electron chi connectivity index (χ4n) is 3.89. The van der Waals surface area contributed by atoms with Crippen molar-refractivity contribution in [3.8, 4) is 0 Å². The minimum atomic E-state index is -1.06. The van der Waals surface area contributed by atoms with E-state index >= 15 is 0 Å². The number of Topliss-reactive ketones (excluding diaryl/α,β-unsaturated/α-hetero) is 1. The topological polar surface area (TPSA) is 118 Å². The Kier molecular flexibility index (Phi) is 10.2. The van der Waals surface area contributed by atoms with Gasteiger partial charge in [0.2, 0.25) is 17.7 Å². The minimum absolute atomic E-state index is 0.115. The lowest BCUT2D eigenvalue weighted by Crippen LogP contribution is -2.53. The Labute approximate surface area is 168 Å². The summed E-state index contributed by atoms with van der Waals surface area (Å²) < 4.78 is 0. The molecule has 0 aromatic carbocycles. The van der Waals surface area contributed by atoms with E-state index in [1.165, 1.54) is 13.3 Å². The molecule has 1 aliphatic rings. The molecule has 0 bridgehead atoms. The Bertz CT molecular complexity index is 556. The molecule has 1 saturated carbocycles. The van der Waals surface area contributed by atoms with E-state index in [1.54, 1.807) is 6.92 Å². The molecule has 4 N–H and O–H groups in total. The Morgan fingerprint density at radius 1 is 0.929 bits per heavy atom. The van der Waals surface area contributed by atoms with Crippen LogP contribution < -0.4 is 16.4 Å². The number of carbonyl (C=O) groups excluding carboxylic acids is 4. The largest absolute Gasteiger partial charge is 0.370 e. The molecule has 7 heteroatoms. The monoisotopic (exact) mass is 395 g/mol. The molecule has 1 aliphatic carbocycles. The molecule has 0 aliphatic heterocycles. The van der Waals surface area contributed by atoms with E-state index in [1.807, 2.05) is 13.8 Å². The third-order valence-electron chi connectivity index (χ3n) is 5.41. The molecule has 3 amide bonds. The highest BCUT2D eigenvalue weighted by Gasteiger charge is 2.29. The summed E-state index contributed by atoms with van der Waals surface area (Å²) in [5.74, 6) is -1.14. The van der Waals surface area contributed by atoms with Crippen LogP contribution in [0.3, 0.4) is 0 Å². The molecule has 28 heavy (non-hydrogen) atoms. The highest BCUT2D eigenvalue weighted by atomic mass is 16.2. The van der Waals surface area contributed by atoms with Crippen LogP contribution in [0.1, 0.15) is 79.1 Å². The standard InChI is InChI=1S/C21H37N3O4/c1-13(2)10-14(3)20(27)24-18(12-19(22)26)21(28)23-17(15(4)25)11-16-8-6-5-7-9-16/h13-14,16-18H,5-12H2,1-4H3,(H2,22,26)(H,23,28)(H,24,27)/t14-,17+,18+/m1/s1. The Morgan fingerprint density at radius 2 is 1.50 bits per heavy atom. The Hall–Kier alpha value is -1.92. The zero-order chi connectivity index (χ0) is 21.3. The third kappa shape index (κ3) is 8.85. The van der Waals surface area contributed by atoms with E-state index in [2.05, 4.69) is 10.6 Å². The number of amides is 3. The summed E-state index contributed by atoms with van der Waals surface area (Å²) in [4.78, 5) is 48.6. The molecule has 0 saturated heterocycles. The molecule has 0 spiro atoms. The maximum atomic E-state index is 12.7. The van der Waals surface area contributed by atoms with Gasteiger partial charge in [0.15, 0.2) is 5.78 Å². The van der Waals surface area contributed by atoms with Crippen molar-refractivity contribution in [3.05, 3.63) is 0 Å². The van der Waals surface area contributed by atoms with E-state index in [0.29, 0.717) is 24.7 Å². The van der Waals surface area contributed by atoms with Gasteiger partial charge >= 0.3 is 0 Å². The quantitative estimate of drug-likeness (QED) is 0.496. The van der Waals surface area contributed by atoms with Crippen LogP contribution in [0.2, 0.25) is 0 Å². The first-order valence-electron chi connectivity index (χ1n) is 10.5. The molecule has 0 unspecified atom stereocenters. The van der Waals surface area contributed by atoms with Gasteiger partial charge in [0.25, 0.3) is 0 Å². The average Bonchev–Trinajstić information content (AvgIpc) is 2.60. The molecular weight excluding hydrogens is 358 g/mol. The van der Waals surface area contributed by atoms with Crippen molar-refractivity contribution >= 4 is 23.5 Å². The smallest absolute Gasteiger partial charge is 0.243 e. The van der Waals surface area contributed by atoms with Gasteiger partial charge in [0.1, 0.15) is 6.04 Å². The highest BCUT2D eigenvalue weighted by Crippen LogP contribution is 2.27. The summed E-state index contributed by atoms with van der Waals surface area (Å²) in [5.41, 5.74) is 5.27. The molecule has 7 nitrogen and oxygen atoms in total. The van der Waals surface area contributed by atoms with Crippen LogP contribution in [0.15, 0.2) is 0 Å². The molecule has 0 radical (unpaired) electrons. The van der Waals surface area contributed by atoms with Crippen molar-refractivity contribution in [1.82, 2.24) is 10.6 Å². The van der Waals surface area contributed by atoms with Gasteiger partial charge in [-0.15, -0.1) is 0 Å². The van der Waals surface area contributed by atoms with Crippen molar-refractivity contribution in [2.45, 2.75) is 91.1 Å². The lowest BCUT2D eigenvalue weighted by molar-refractivity contribution is -0.134. The molecule has 1 fully saturated rings. The summed E-state index contributed by atoms with van der Waals surface area (Å²) in [6.07, 6.45) is 6.63. The molecule has 3 atom stereocenters. The third-order valence-corrected chi connectivity index (χ3v) is 5.41. The molecule has 160 valence electrons. The zero-order valence-corrected chi connectivity index (χ0v) is 17.8. The van der Waals surface area contributed by atoms with E-state index in [9.17, 15) is 19.2 Å². The van der Waals surface area contributed by atoms with Crippen molar-refractivity contribution in [1.29, 1.82) is 0 Å². The van der Waals surface area contributed by atoms with E-state index in [0.717, 1.165) is 25.7 Å². The van der Waals surface area contributed by atoms with Crippen LogP contribution in [-0.4, -0.2) is 35.6 Å². The highest BCUT2D eigenvalue weighted by molar-refractivity contribution is 5.94. The SMILES string of the molecule is CC(=O)[C@H](CC1CCCCC1)NC(=O)[C@H](CC(N)=O)NC(=O)[C@H](C)CC(C)C. The summed E-state index contributed by atoms with van der Waals surface area (Å²) in [5, 5.41) is 5.38. The lowest BCUT2D eigenvalue weighted by Gasteiger charge is -2.27. The van der Waals surface area contributed by atoms with Gasteiger partial charge in [-0.05, 0) is 31.6 Å². The van der Waals surface area contributed by atoms with Crippen LogP contribution in [-0.2, 0) is 19.2 Å². The van der Waals surface area contributed by atoms with Gasteiger partial charge in [0.05, 0.1) is 12.5 Å². The zero-order valence-electron chi connectivity index (χ0n) is 17.8. The number of primary amides is 1. The van der Waals surface area contributed by atoms with Crippen LogP contribution in [0, 0.1) is 17.8 Å². The first-order chi connectivity index (χ1) is 13.1. The number of ketones is 1. The van der Waals surface area contributed by atoms with Gasteiger partial charge in [-0.25, -0.2) is 0 Å². The number of hydrogen-bond donors (Lipinski definition) is 3. The second-order valence-electron chi connectivity index (χ2n) is 8.67. The second-order valence-corrected chi connectivity index (χ2v) is 8.67. The Morgan fingerprint density at radius 3 is 2.00 bits per heavy atom. The van der Waals surface area contributed by atoms with Crippen molar-refractivity contribution in [2.24, 2.45) is 23.5 Å². The van der Waals surface area contributed by atoms with Crippen LogP contribution >= 0.6 is 0 Å². The van der Waals surface area contributed by atoms with E-state index in [-0.39, 0.29) is 24.0 Å². The predicted molar refractivity (Wildman–Crippen MR) is 108 cm³/mol. The molecule has 0 aromatic rings. The maximum Gasteiger partial charge on any atom is 0.243 e. The average molecular weight is 396 g/mol. The first-order valence-corrected chi connectivity index (χ1v) is 10.5. The minimum Gasteiger partial charge on any atom is -0.370 e. The fraction of sp³-hybridized carbons (Fsp3) is 0.810. The molecule has 1 rings (SSSR count). The van der Waals surface area contributed by atoms with Crippen molar-refractivity contribution in [3.63, 3.8) is 0 Å². The van der Waals surface area contributed by atoms with Gasteiger partial charge < -0.3 is 16.4 Å². The van der Waals surface area contributed by atoms with E-state index in [4.69, 9.17) is 5.73 Å². The molecular formula is C21H37N3O4. The van der Waals surface area contributed by atoms with Crippen LogP contribution in [0.5, 0.6) is 0 Å². The molecule has 0 aromatic heterocycles. The number of rotatable bonds is 11. The molecule has 0 heterocycles. The second kappa shape index (κ2) is 11.8. The van der Waals surface area contributed by atoms with Crippen molar-refractivity contribution in [2.75, 3.05) is 0 Å². The lowest BCUT2D eigenvalue weighted by atomic mass is 9.84. The van der Waals surface area contributed by atoms with Crippen LogP contribution in [0.25, 0.3) is 0 Å². The number of nitrogens with two attached hydrogens (primary N) is 1. The number of carbonyl (C=O) groups is 4. The summed E-state index contributed by atoms with van der Waals surface area (Å²) in [7, 11) is 0. The van der Waals surface area contributed by atoms with Gasteiger partial charge in [-0.3, -0.25) is 19.2 Å². The van der Waals surface area contributed by atoms with Gasteiger partial charge in [0, 0.05) is 5.92 Å².